The van der Waals surface area contributed by atoms with Gasteiger partial charge in [-0.3, -0.25) is 4.90 Å². The van der Waals surface area contributed by atoms with Crippen LogP contribution in [0.15, 0.2) is 23.8 Å². The van der Waals surface area contributed by atoms with E-state index in [9.17, 15) is 0 Å². The van der Waals surface area contributed by atoms with Crippen molar-refractivity contribution in [1.29, 1.82) is 0 Å². The van der Waals surface area contributed by atoms with Gasteiger partial charge in [-0.1, -0.05) is 23.8 Å². The predicted octanol–water partition coefficient (Wildman–Crippen LogP) is 2.36. The topological polar surface area (TPSA) is 3.24 Å². The first kappa shape index (κ1) is 8.06. The highest BCUT2D eigenvalue weighted by atomic mass is 15.1. The standard InChI is InChI=1S/C11H17N/c1-12-9-5-8-11(12)10-6-3-2-4-7-10/h2-3,6,11H,4-5,7-9H2,1H3. The first-order valence-electron chi connectivity index (χ1n) is 4.94. The van der Waals surface area contributed by atoms with Gasteiger partial charge in [0.15, 0.2) is 0 Å². The summed E-state index contributed by atoms with van der Waals surface area (Å²) in [4.78, 5) is 2.49. The lowest BCUT2D eigenvalue weighted by molar-refractivity contribution is 0.339. The fourth-order valence-electron chi connectivity index (χ4n) is 2.28. The van der Waals surface area contributed by atoms with Gasteiger partial charge in [-0.25, -0.2) is 0 Å². The van der Waals surface area contributed by atoms with Gasteiger partial charge in [0.25, 0.3) is 0 Å². The summed E-state index contributed by atoms with van der Waals surface area (Å²) in [5.41, 5.74) is 1.65. The molecule has 0 spiro atoms. The van der Waals surface area contributed by atoms with Gasteiger partial charge in [0.2, 0.25) is 0 Å². The maximum Gasteiger partial charge on any atom is 0.0308 e. The van der Waals surface area contributed by atoms with E-state index in [0.717, 1.165) is 6.04 Å². The third kappa shape index (κ3) is 1.46. The van der Waals surface area contributed by atoms with Crippen LogP contribution < -0.4 is 0 Å². The second kappa shape index (κ2) is 3.44. The highest BCUT2D eigenvalue weighted by Gasteiger charge is 2.23. The molecule has 66 valence electrons. The van der Waals surface area contributed by atoms with Crippen LogP contribution in [0.4, 0.5) is 0 Å². The van der Waals surface area contributed by atoms with Crippen LogP contribution in [0.5, 0.6) is 0 Å². The first-order valence-corrected chi connectivity index (χ1v) is 4.94. The molecule has 0 saturated carbocycles. The van der Waals surface area contributed by atoms with Crippen molar-refractivity contribution in [3.05, 3.63) is 23.8 Å². The average Bonchev–Trinajstić information content (AvgIpc) is 2.53. The van der Waals surface area contributed by atoms with E-state index in [2.05, 4.69) is 30.2 Å². The molecule has 0 aromatic rings. The molecule has 12 heavy (non-hydrogen) atoms. The molecule has 0 bridgehead atoms. The number of hydrogen-bond donors (Lipinski definition) is 0. The molecular formula is C11H17N. The molecule has 1 heterocycles. The minimum atomic E-state index is 0.759. The Morgan fingerprint density at radius 2 is 2.42 bits per heavy atom. The summed E-state index contributed by atoms with van der Waals surface area (Å²) in [5, 5.41) is 0. The molecule has 1 heteroatoms. The number of rotatable bonds is 1. The van der Waals surface area contributed by atoms with Crippen LogP contribution in [-0.2, 0) is 0 Å². The van der Waals surface area contributed by atoms with Gasteiger partial charge in [-0.15, -0.1) is 0 Å². The second-order valence-electron chi connectivity index (χ2n) is 3.85. The van der Waals surface area contributed by atoms with Gasteiger partial charge < -0.3 is 0 Å². The third-order valence-corrected chi connectivity index (χ3v) is 2.99. The number of nitrogens with zero attached hydrogens (tertiary/aromatic N) is 1. The summed E-state index contributed by atoms with van der Waals surface area (Å²) in [6.07, 6.45) is 12.1. The van der Waals surface area contributed by atoms with Crippen molar-refractivity contribution in [3.63, 3.8) is 0 Å². The Bertz CT molecular complexity index is 215. The Kier molecular flexibility index (Phi) is 2.31. The van der Waals surface area contributed by atoms with E-state index < -0.39 is 0 Å². The Hall–Kier alpha value is -0.560. The van der Waals surface area contributed by atoms with Gasteiger partial charge in [-0.2, -0.15) is 0 Å². The van der Waals surface area contributed by atoms with E-state index in [1.54, 1.807) is 5.57 Å². The van der Waals surface area contributed by atoms with Crippen LogP contribution in [0.3, 0.4) is 0 Å². The summed E-state index contributed by atoms with van der Waals surface area (Å²) < 4.78 is 0. The molecule has 1 fully saturated rings. The summed E-state index contributed by atoms with van der Waals surface area (Å²) in [6.45, 7) is 1.28. The fourth-order valence-corrected chi connectivity index (χ4v) is 2.28. The molecule has 2 rings (SSSR count). The lowest BCUT2D eigenvalue weighted by Gasteiger charge is -2.23. The van der Waals surface area contributed by atoms with Crippen molar-refractivity contribution < 1.29 is 0 Å². The SMILES string of the molecule is CN1CCCC1C1=CC=CCC1. The summed E-state index contributed by atoms with van der Waals surface area (Å²) in [5.74, 6) is 0. The van der Waals surface area contributed by atoms with Crippen LogP contribution in [0, 0.1) is 0 Å². The molecule has 0 N–H and O–H groups in total. The normalized spacial score (nSPS) is 30.8. The zero-order valence-corrected chi connectivity index (χ0v) is 7.79. The molecule has 0 aromatic carbocycles. The zero-order valence-electron chi connectivity index (χ0n) is 7.79. The Balaban J connectivity index is 2.07. The Morgan fingerprint density at radius 3 is 3.00 bits per heavy atom. The minimum Gasteiger partial charge on any atom is -0.300 e. The number of likely N-dealkylation sites (tertiary alicyclic amines) is 1. The van der Waals surface area contributed by atoms with Gasteiger partial charge in [-0.05, 0) is 39.3 Å². The molecule has 1 saturated heterocycles. The molecule has 1 atom stereocenters. The molecule has 1 nitrogen and oxygen atoms in total. The van der Waals surface area contributed by atoms with Crippen LogP contribution in [-0.4, -0.2) is 24.5 Å². The quantitative estimate of drug-likeness (QED) is 0.573. The third-order valence-electron chi connectivity index (χ3n) is 2.99. The number of allylic oxidation sites excluding steroid dienone is 3. The van der Waals surface area contributed by atoms with E-state index in [4.69, 9.17) is 0 Å². The highest BCUT2D eigenvalue weighted by molar-refractivity contribution is 5.23. The summed E-state index contributed by atoms with van der Waals surface area (Å²) in [6, 6.07) is 0.759. The van der Waals surface area contributed by atoms with Crippen molar-refractivity contribution in [2.45, 2.75) is 31.7 Å². The molecule has 2 aliphatic rings. The zero-order chi connectivity index (χ0) is 8.39. The van der Waals surface area contributed by atoms with E-state index in [0.29, 0.717) is 0 Å². The molecule has 1 aliphatic carbocycles. The second-order valence-corrected chi connectivity index (χ2v) is 3.85. The fraction of sp³-hybridized carbons (Fsp3) is 0.636. The van der Waals surface area contributed by atoms with Crippen molar-refractivity contribution in [3.8, 4) is 0 Å². The lowest BCUT2D eigenvalue weighted by atomic mass is 9.96. The highest BCUT2D eigenvalue weighted by Crippen LogP contribution is 2.26. The van der Waals surface area contributed by atoms with Gasteiger partial charge in [0, 0.05) is 6.04 Å². The molecule has 1 unspecified atom stereocenters. The lowest BCUT2D eigenvalue weighted by Crippen LogP contribution is -2.27. The first-order chi connectivity index (χ1) is 5.88. The van der Waals surface area contributed by atoms with Crippen LogP contribution in [0.2, 0.25) is 0 Å². The Labute approximate surface area is 74.8 Å². The molecule has 1 aliphatic heterocycles. The van der Waals surface area contributed by atoms with Crippen molar-refractivity contribution >= 4 is 0 Å². The maximum atomic E-state index is 2.49. The average molecular weight is 163 g/mol. The van der Waals surface area contributed by atoms with Crippen LogP contribution in [0.25, 0.3) is 0 Å². The minimum absolute atomic E-state index is 0.759. The molecule has 0 aromatic heterocycles. The monoisotopic (exact) mass is 163 g/mol. The summed E-state index contributed by atoms with van der Waals surface area (Å²) in [7, 11) is 2.25. The largest absolute Gasteiger partial charge is 0.300 e. The van der Waals surface area contributed by atoms with Crippen LogP contribution in [0.1, 0.15) is 25.7 Å². The van der Waals surface area contributed by atoms with E-state index >= 15 is 0 Å². The Morgan fingerprint density at radius 1 is 1.50 bits per heavy atom. The number of likely N-dealkylation sites (N-methyl/N-ethyl adjacent to an activating group) is 1. The van der Waals surface area contributed by atoms with Crippen molar-refractivity contribution in [2.24, 2.45) is 0 Å². The van der Waals surface area contributed by atoms with Crippen LogP contribution >= 0.6 is 0 Å². The smallest absolute Gasteiger partial charge is 0.0308 e. The van der Waals surface area contributed by atoms with E-state index in [-0.39, 0.29) is 0 Å². The summed E-state index contributed by atoms with van der Waals surface area (Å²) >= 11 is 0. The molecular weight excluding hydrogens is 146 g/mol. The number of hydrogen-bond acceptors (Lipinski definition) is 1. The van der Waals surface area contributed by atoms with Crippen molar-refractivity contribution in [1.82, 2.24) is 4.90 Å². The predicted molar refractivity (Wildman–Crippen MR) is 52.1 cm³/mol. The maximum absolute atomic E-state index is 2.49. The van der Waals surface area contributed by atoms with Crippen molar-refractivity contribution in [2.75, 3.05) is 13.6 Å². The van der Waals surface area contributed by atoms with Gasteiger partial charge in [0.1, 0.15) is 0 Å². The molecule has 0 amide bonds. The van der Waals surface area contributed by atoms with E-state index in [1.165, 1.54) is 32.2 Å². The van der Waals surface area contributed by atoms with Gasteiger partial charge >= 0.3 is 0 Å². The molecule has 0 radical (unpaired) electrons. The van der Waals surface area contributed by atoms with E-state index in [1.807, 2.05) is 0 Å². The van der Waals surface area contributed by atoms with Gasteiger partial charge in [0.05, 0.1) is 0 Å².